The van der Waals surface area contributed by atoms with Gasteiger partial charge < -0.3 is 10.1 Å². The van der Waals surface area contributed by atoms with Gasteiger partial charge in [0.05, 0.1) is 19.2 Å². The molecule has 3 rings (SSSR count). The number of likely N-dealkylation sites (tertiary alicyclic amines) is 1. The topological polar surface area (TPSA) is 79.0 Å². The van der Waals surface area contributed by atoms with Gasteiger partial charge in [-0.15, -0.1) is 0 Å². The standard InChI is InChI=1S/C18H29N3O4/c1-3-25-15(22)14-8-6-10-20(11-14)12-21-16(23)18(19-17(21)24)9-5-4-7-13(18)2/h13-14H,3-12H2,1-2H3,(H,19,24)/t13-,14+,18-/m0/s1. The second kappa shape index (κ2) is 7.32. The molecule has 0 aromatic carbocycles. The molecule has 7 nitrogen and oxygen atoms in total. The van der Waals surface area contributed by atoms with E-state index in [0.717, 1.165) is 45.1 Å². The van der Waals surface area contributed by atoms with E-state index in [1.807, 2.05) is 4.90 Å². The van der Waals surface area contributed by atoms with Gasteiger partial charge in [0.25, 0.3) is 5.91 Å². The van der Waals surface area contributed by atoms with Gasteiger partial charge in [0, 0.05) is 6.54 Å². The van der Waals surface area contributed by atoms with Crippen molar-refractivity contribution >= 4 is 17.9 Å². The lowest BCUT2D eigenvalue weighted by molar-refractivity contribution is -0.150. The lowest BCUT2D eigenvalue weighted by Gasteiger charge is -2.37. The van der Waals surface area contributed by atoms with Crippen molar-refractivity contribution in [3.63, 3.8) is 0 Å². The van der Waals surface area contributed by atoms with Crippen LogP contribution in [0.5, 0.6) is 0 Å². The summed E-state index contributed by atoms with van der Waals surface area (Å²) in [4.78, 5) is 40.8. The Hall–Kier alpha value is -1.63. The number of hydrogen-bond donors (Lipinski definition) is 1. The number of hydrogen-bond acceptors (Lipinski definition) is 5. The van der Waals surface area contributed by atoms with Crippen LogP contribution in [0.25, 0.3) is 0 Å². The Morgan fingerprint density at radius 3 is 2.80 bits per heavy atom. The van der Waals surface area contributed by atoms with Gasteiger partial charge in [-0.25, -0.2) is 9.69 Å². The SMILES string of the molecule is CCOC(=O)[C@@H]1CCCN(CN2C(=O)N[C@]3(CCCC[C@@H]3C)C2=O)C1. The Kier molecular flexibility index (Phi) is 5.32. The van der Waals surface area contributed by atoms with E-state index in [-0.39, 0.29) is 36.4 Å². The summed E-state index contributed by atoms with van der Waals surface area (Å²) in [6.45, 7) is 5.82. The second-order valence-corrected chi connectivity index (χ2v) is 7.59. The van der Waals surface area contributed by atoms with Crippen LogP contribution in [-0.2, 0) is 14.3 Å². The van der Waals surface area contributed by atoms with E-state index in [2.05, 4.69) is 12.2 Å². The largest absolute Gasteiger partial charge is 0.466 e. The minimum absolute atomic E-state index is 0.0945. The molecule has 25 heavy (non-hydrogen) atoms. The Labute approximate surface area is 149 Å². The van der Waals surface area contributed by atoms with E-state index in [1.54, 1.807) is 6.92 Å². The van der Waals surface area contributed by atoms with Crippen LogP contribution in [0.2, 0.25) is 0 Å². The molecule has 1 N–H and O–H groups in total. The molecule has 1 spiro atoms. The van der Waals surface area contributed by atoms with E-state index < -0.39 is 5.54 Å². The Morgan fingerprint density at radius 2 is 2.08 bits per heavy atom. The number of nitrogens with zero attached hydrogens (tertiary/aromatic N) is 2. The van der Waals surface area contributed by atoms with Gasteiger partial charge in [0.1, 0.15) is 5.54 Å². The number of urea groups is 1. The zero-order valence-corrected chi connectivity index (χ0v) is 15.3. The predicted molar refractivity (Wildman–Crippen MR) is 91.5 cm³/mol. The highest BCUT2D eigenvalue weighted by atomic mass is 16.5. The molecule has 140 valence electrons. The van der Waals surface area contributed by atoms with Gasteiger partial charge in [-0.3, -0.25) is 14.5 Å². The Morgan fingerprint density at radius 1 is 1.28 bits per heavy atom. The van der Waals surface area contributed by atoms with E-state index in [4.69, 9.17) is 4.74 Å². The number of amides is 3. The van der Waals surface area contributed by atoms with Crippen LogP contribution < -0.4 is 5.32 Å². The molecule has 1 saturated carbocycles. The minimum atomic E-state index is -0.717. The van der Waals surface area contributed by atoms with Crippen LogP contribution in [-0.4, -0.2) is 59.6 Å². The summed E-state index contributed by atoms with van der Waals surface area (Å²) in [5.74, 6) is -0.280. The quantitative estimate of drug-likeness (QED) is 0.616. The summed E-state index contributed by atoms with van der Waals surface area (Å²) in [5.41, 5.74) is -0.717. The van der Waals surface area contributed by atoms with Gasteiger partial charge >= 0.3 is 12.0 Å². The van der Waals surface area contributed by atoms with Crippen molar-refractivity contribution in [1.29, 1.82) is 0 Å². The summed E-state index contributed by atoms with van der Waals surface area (Å²) in [7, 11) is 0. The number of ether oxygens (including phenoxy) is 1. The van der Waals surface area contributed by atoms with Crippen molar-refractivity contribution in [2.75, 3.05) is 26.4 Å². The third-order valence-corrected chi connectivity index (χ3v) is 5.97. The van der Waals surface area contributed by atoms with Crippen LogP contribution >= 0.6 is 0 Å². The first-order chi connectivity index (χ1) is 12.0. The fourth-order valence-corrected chi connectivity index (χ4v) is 4.46. The number of nitrogens with one attached hydrogen (secondary N) is 1. The van der Waals surface area contributed by atoms with Gasteiger partial charge in [-0.1, -0.05) is 19.8 Å². The third kappa shape index (κ3) is 3.38. The predicted octanol–water partition coefficient (Wildman–Crippen LogP) is 1.72. The molecule has 7 heteroatoms. The van der Waals surface area contributed by atoms with Crippen molar-refractivity contribution in [3.05, 3.63) is 0 Å². The van der Waals surface area contributed by atoms with Gasteiger partial charge in [-0.05, 0) is 45.1 Å². The molecular formula is C18H29N3O4. The van der Waals surface area contributed by atoms with Gasteiger partial charge in [0.2, 0.25) is 0 Å². The van der Waals surface area contributed by atoms with E-state index in [0.29, 0.717) is 13.2 Å². The highest BCUT2D eigenvalue weighted by Crippen LogP contribution is 2.38. The average Bonchev–Trinajstić information content (AvgIpc) is 2.83. The van der Waals surface area contributed by atoms with Gasteiger partial charge in [0.15, 0.2) is 0 Å². The molecule has 0 aromatic heterocycles. The fraction of sp³-hybridized carbons (Fsp3) is 0.833. The first-order valence-corrected chi connectivity index (χ1v) is 9.51. The monoisotopic (exact) mass is 351 g/mol. The molecule has 2 aliphatic heterocycles. The van der Waals surface area contributed by atoms with E-state index in [9.17, 15) is 14.4 Å². The summed E-state index contributed by atoms with van der Waals surface area (Å²) in [6.07, 6.45) is 5.44. The first kappa shape index (κ1) is 18.2. The Bertz CT molecular complexity index is 552. The lowest BCUT2D eigenvalue weighted by atomic mass is 9.73. The highest BCUT2D eigenvalue weighted by molar-refractivity contribution is 6.07. The van der Waals surface area contributed by atoms with Crippen LogP contribution in [0, 0.1) is 11.8 Å². The number of piperidine rings is 1. The molecule has 3 amide bonds. The molecule has 0 bridgehead atoms. The van der Waals surface area contributed by atoms with Crippen LogP contribution in [0.15, 0.2) is 0 Å². The third-order valence-electron chi connectivity index (χ3n) is 5.97. The van der Waals surface area contributed by atoms with Crippen molar-refractivity contribution in [2.24, 2.45) is 11.8 Å². The number of esters is 1. The maximum atomic E-state index is 13.0. The van der Waals surface area contributed by atoms with E-state index >= 15 is 0 Å². The molecule has 3 atom stereocenters. The zero-order chi connectivity index (χ0) is 18.0. The summed E-state index contributed by atoms with van der Waals surface area (Å²) in [6, 6.07) is -0.294. The van der Waals surface area contributed by atoms with Crippen LogP contribution in [0.3, 0.4) is 0 Å². The molecule has 1 aliphatic carbocycles. The second-order valence-electron chi connectivity index (χ2n) is 7.59. The lowest BCUT2D eigenvalue weighted by Crippen LogP contribution is -2.54. The molecule has 2 saturated heterocycles. The van der Waals surface area contributed by atoms with Crippen molar-refractivity contribution < 1.29 is 19.1 Å². The smallest absolute Gasteiger partial charge is 0.326 e. The molecule has 0 aromatic rings. The van der Waals surface area contributed by atoms with Gasteiger partial charge in [-0.2, -0.15) is 0 Å². The summed E-state index contributed by atoms with van der Waals surface area (Å²) < 4.78 is 5.12. The number of rotatable bonds is 4. The van der Waals surface area contributed by atoms with Crippen molar-refractivity contribution in [3.8, 4) is 0 Å². The molecular weight excluding hydrogens is 322 g/mol. The Balaban J connectivity index is 1.65. The zero-order valence-electron chi connectivity index (χ0n) is 15.3. The average molecular weight is 351 g/mol. The molecule has 2 heterocycles. The molecule has 3 fully saturated rings. The first-order valence-electron chi connectivity index (χ1n) is 9.51. The fourth-order valence-electron chi connectivity index (χ4n) is 4.46. The summed E-state index contributed by atoms with van der Waals surface area (Å²) in [5, 5.41) is 2.98. The molecule has 0 radical (unpaired) electrons. The number of carbonyl (C=O) groups is 3. The van der Waals surface area contributed by atoms with Crippen molar-refractivity contribution in [2.45, 2.75) is 57.9 Å². The van der Waals surface area contributed by atoms with Crippen molar-refractivity contribution in [1.82, 2.24) is 15.1 Å². The summed E-state index contributed by atoms with van der Waals surface area (Å²) >= 11 is 0. The molecule has 3 aliphatic rings. The number of imide groups is 1. The normalized spacial score (nSPS) is 33.6. The maximum Gasteiger partial charge on any atom is 0.326 e. The minimum Gasteiger partial charge on any atom is -0.466 e. The van der Waals surface area contributed by atoms with Crippen LogP contribution in [0.1, 0.15) is 52.4 Å². The number of carbonyl (C=O) groups excluding carboxylic acids is 3. The highest BCUT2D eigenvalue weighted by Gasteiger charge is 2.55. The molecule has 0 unspecified atom stereocenters. The maximum absolute atomic E-state index is 13.0. The van der Waals surface area contributed by atoms with E-state index in [1.165, 1.54) is 4.90 Å². The van der Waals surface area contributed by atoms with Crippen LogP contribution in [0.4, 0.5) is 4.79 Å².